The van der Waals surface area contributed by atoms with Gasteiger partial charge >= 0.3 is 0 Å². The average molecular weight is 571 g/mol. The summed E-state index contributed by atoms with van der Waals surface area (Å²) in [6, 6.07) is 18.2. The Balaban J connectivity index is 1.43. The van der Waals surface area contributed by atoms with Crippen LogP contribution in [-0.2, 0) is 9.63 Å². The minimum atomic E-state index is -0.489. The Morgan fingerprint density at radius 3 is 2.52 bits per heavy atom. The van der Waals surface area contributed by atoms with Crippen molar-refractivity contribution < 1.29 is 19.2 Å². The van der Waals surface area contributed by atoms with Crippen LogP contribution in [0.2, 0.25) is 0 Å². The molecule has 0 radical (unpaired) electrons. The monoisotopic (exact) mass is 570 g/mol. The number of nitrogens with one attached hydrogen (secondary N) is 2. The number of phenolic OH excluding ortho intramolecular Hbond substituents is 1. The van der Waals surface area contributed by atoms with E-state index in [4.69, 9.17) is 4.84 Å². The number of aromatic nitrogens is 4. The predicted octanol–water partition coefficient (Wildman–Crippen LogP) is 3.91. The van der Waals surface area contributed by atoms with Crippen molar-refractivity contribution in [1.29, 1.82) is 0 Å². The molecule has 1 amide bonds. The van der Waals surface area contributed by atoms with Gasteiger partial charge in [-0.1, -0.05) is 41.6 Å². The van der Waals surface area contributed by atoms with E-state index in [1.54, 1.807) is 17.3 Å². The predicted molar refractivity (Wildman–Crippen MR) is 161 cm³/mol. The number of hydrogen-bond donors (Lipinski definition) is 3. The molecule has 1 atom stereocenters. The van der Waals surface area contributed by atoms with Crippen molar-refractivity contribution in [3.05, 3.63) is 71.8 Å². The molecule has 2 heterocycles. The largest absolute Gasteiger partial charge is 0.505 e. The summed E-state index contributed by atoms with van der Waals surface area (Å²) in [5, 5.41) is 32.8. The van der Waals surface area contributed by atoms with Gasteiger partial charge < -0.3 is 9.59 Å². The zero-order valence-electron chi connectivity index (χ0n) is 24.7. The van der Waals surface area contributed by atoms with E-state index in [0.717, 1.165) is 33.3 Å². The smallest absolute Gasteiger partial charge is 0.292 e. The number of hydrazone groups is 1. The quantitative estimate of drug-likeness (QED) is 0.157. The SMILES string of the molecule is Cc1ccc(N2C(=O)C(=NNc3cccc(-c4cccc(-c5nnn[nH]5)c4)c3O)C(C)N2OCC[N+](C)(C)C)cc1C. The number of tetrazole rings is 1. The molecule has 3 N–H and O–H groups in total. The molecule has 1 aliphatic heterocycles. The number of quaternary nitrogens is 1. The summed E-state index contributed by atoms with van der Waals surface area (Å²) in [5.41, 5.74) is 8.55. The summed E-state index contributed by atoms with van der Waals surface area (Å²) in [5.74, 6) is 0.203. The van der Waals surface area contributed by atoms with Crippen LogP contribution in [0.4, 0.5) is 11.4 Å². The number of aromatic hydroxyl groups is 1. The minimum absolute atomic E-state index is 0.00476. The summed E-state index contributed by atoms with van der Waals surface area (Å²) < 4.78 is 0.718. The van der Waals surface area contributed by atoms with Crippen LogP contribution in [0.1, 0.15) is 18.1 Å². The number of carbonyl (C=O) groups excluding carboxylic acids is 1. The molecular formula is C30H36N9O3+. The van der Waals surface area contributed by atoms with Crippen LogP contribution in [0.3, 0.4) is 0 Å². The lowest BCUT2D eigenvalue weighted by atomic mass is 10.0. The maximum absolute atomic E-state index is 13.8. The van der Waals surface area contributed by atoms with E-state index in [2.05, 4.69) is 52.3 Å². The third-order valence-corrected chi connectivity index (χ3v) is 7.18. The Labute approximate surface area is 244 Å². The summed E-state index contributed by atoms with van der Waals surface area (Å²) in [7, 11) is 6.26. The zero-order chi connectivity index (χ0) is 30.0. The third-order valence-electron chi connectivity index (χ3n) is 7.18. The molecule has 1 unspecified atom stereocenters. The molecule has 3 aromatic carbocycles. The molecule has 218 valence electrons. The summed E-state index contributed by atoms with van der Waals surface area (Å²) in [4.78, 5) is 19.9. The van der Waals surface area contributed by atoms with Crippen molar-refractivity contribution in [3.63, 3.8) is 0 Å². The Morgan fingerprint density at radius 2 is 1.81 bits per heavy atom. The maximum Gasteiger partial charge on any atom is 0.292 e. The van der Waals surface area contributed by atoms with Gasteiger partial charge in [0, 0.05) is 11.1 Å². The van der Waals surface area contributed by atoms with E-state index < -0.39 is 6.04 Å². The maximum atomic E-state index is 13.8. The van der Waals surface area contributed by atoms with E-state index in [0.29, 0.717) is 29.4 Å². The van der Waals surface area contributed by atoms with Gasteiger partial charge in [-0.2, -0.15) is 5.10 Å². The van der Waals surface area contributed by atoms with Crippen molar-refractivity contribution >= 4 is 23.0 Å². The number of aryl methyl sites for hydroxylation is 2. The number of hydroxylamine groups is 1. The fourth-order valence-electron chi connectivity index (χ4n) is 4.56. The highest BCUT2D eigenvalue weighted by molar-refractivity contribution is 6.47. The summed E-state index contributed by atoms with van der Waals surface area (Å²) in [6.45, 7) is 7.07. The molecule has 42 heavy (non-hydrogen) atoms. The highest BCUT2D eigenvalue weighted by Gasteiger charge is 2.44. The fraction of sp³-hybridized carbons (Fsp3) is 0.300. The first-order valence-corrected chi connectivity index (χ1v) is 13.7. The van der Waals surface area contributed by atoms with Gasteiger partial charge in [0.05, 0.1) is 32.5 Å². The molecule has 1 saturated heterocycles. The number of anilines is 2. The molecule has 0 aliphatic carbocycles. The summed E-state index contributed by atoms with van der Waals surface area (Å²) >= 11 is 0. The van der Waals surface area contributed by atoms with Crippen LogP contribution in [0.15, 0.2) is 65.8 Å². The van der Waals surface area contributed by atoms with E-state index in [1.807, 2.05) is 69.3 Å². The first-order valence-electron chi connectivity index (χ1n) is 13.7. The standard InChI is InChI=1S/C30H35N9O3/c1-19-13-14-24(17-20(19)2)37-30(41)27(21(3)38(37)42-16-15-39(4,5)6)32-31-26-12-8-11-25(28(26)40)22-9-7-10-23(18-22)29-33-35-36-34-29/h7-14,17-18,21H,15-16H2,1-6H3,(H2-,31,32,33,34,35,36,40,41)/p+1. The van der Waals surface area contributed by atoms with E-state index in [-0.39, 0.29) is 17.4 Å². The number of rotatable bonds is 9. The van der Waals surface area contributed by atoms with Crippen LogP contribution < -0.4 is 10.4 Å². The van der Waals surface area contributed by atoms with Gasteiger partial charge in [-0.05, 0) is 72.2 Å². The molecule has 0 bridgehead atoms. The highest BCUT2D eigenvalue weighted by atomic mass is 16.7. The second-order valence-electron chi connectivity index (χ2n) is 11.4. The number of carbonyl (C=O) groups is 1. The van der Waals surface area contributed by atoms with Crippen molar-refractivity contribution in [3.8, 4) is 28.3 Å². The second-order valence-corrected chi connectivity index (χ2v) is 11.4. The first kappa shape index (κ1) is 28.9. The topological polar surface area (TPSA) is 132 Å². The van der Waals surface area contributed by atoms with E-state index >= 15 is 0 Å². The Bertz CT molecular complexity index is 1610. The fourth-order valence-corrected chi connectivity index (χ4v) is 4.56. The molecule has 1 aliphatic rings. The minimum Gasteiger partial charge on any atom is -0.505 e. The highest BCUT2D eigenvalue weighted by Crippen LogP contribution is 2.37. The number of hydrogen-bond acceptors (Lipinski definition) is 9. The lowest BCUT2D eigenvalue weighted by Crippen LogP contribution is -2.45. The Kier molecular flexibility index (Phi) is 8.03. The van der Waals surface area contributed by atoms with Gasteiger partial charge in [-0.15, -0.1) is 5.10 Å². The van der Waals surface area contributed by atoms with Gasteiger partial charge in [0.2, 0.25) is 0 Å². The number of likely N-dealkylation sites (N-methyl/N-ethyl adjacent to an activating group) is 1. The second kappa shape index (κ2) is 11.7. The lowest BCUT2D eigenvalue weighted by molar-refractivity contribution is -0.871. The van der Waals surface area contributed by atoms with Crippen LogP contribution in [0.25, 0.3) is 22.5 Å². The number of benzene rings is 3. The molecule has 0 spiro atoms. The van der Waals surface area contributed by atoms with E-state index in [1.165, 1.54) is 5.01 Å². The van der Waals surface area contributed by atoms with Gasteiger partial charge in [-0.3, -0.25) is 15.1 Å². The number of aromatic amines is 1. The molecule has 12 heteroatoms. The third kappa shape index (κ3) is 6.00. The normalized spacial score (nSPS) is 16.9. The lowest BCUT2D eigenvalue weighted by Gasteiger charge is -2.30. The van der Waals surface area contributed by atoms with Crippen LogP contribution in [-0.4, -0.2) is 87.3 Å². The van der Waals surface area contributed by atoms with E-state index in [9.17, 15) is 9.90 Å². The van der Waals surface area contributed by atoms with Gasteiger partial charge in [0.1, 0.15) is 30.7 Å². The van der Waals surface area contributed by atoms with Crippen molar-refractivity contribution in [2.45, 2.75) is 26.8 Å². The van der Waals surface area contributed by atoms with Crippen LogP contribution in [0.5, 0.6) is 5.75 Å². The number of hydrazine groups is 1. The number of para-hydroxylation sites is 1. The van der Waals surface area contributed by atoms with Gasteiger partial charge in [0.25, 0.3) is 5.91 Å². The molecule has 4 aromatic rings. The summed E-state index contributed by atoms with van der Waals surface area (Å²) in [6.07, 6.45) is 0. The zero-order valence-corrected chi connectivity index (χ0v) is 24.7. The van der Waals surface area contributed by atoms with Crippen molar-refractivity contribution in [2.75, 3.05) is 44.7 Å². The molecule has 0 saturated carbocycles. The Hall–Kier alpha value is -4.65. The van der Waals surface area contributed by atoms with Crippen LogP contribution in [0, 0.1) is 13.8 Å². The van der Waals surface area contributed by atoms with Crippen molar-refractivity contribution in [2.24, 2.45) is 5.10 Å². The molecule has 1 aromatic heterocycles. The number of amides is 1. The molecule has 1 fully saturated rings. The first-order chi connectivity index (χ1) is 20.0. The number of H-pyrrole nitrogens is 1. The molecule has 12 nitrogen and oxygen atoms in total. The number of nitrogens with zero attached hydrogens (tertiary/aromatic N) is 7. The Morgan fingerprint density at radius 1 is 1.05 bits per heavy atom. The van der Waals surface area contributed by atoms with Crippen molar-refractivity contribution in [1.82, 2.24) is 25.8 Å². The molecule has 5 rings (SSSR count). The average Bonchev–Trinajstić information content (AvgIpc) is 3.57. The van der Waals surface area contributed by atoms with Gasteiger partial charge in [-0.25, -0.2) is 10.1 Å². The van der Waals surface area contributed by atoms with Gasteiger partial charge in [0.15, 0.2) is 5.82 Å². The number of phenols is 1. The molecular weight excluding hydrogens is 534 g/mol. The van der Waals surface area contributed by atoms with Crippen LogP contribution >= 0.6 is 0 Å².